The fraction of sp³-hybridized carbons (Fsp3) is 0.609. The zero-order valence-corrected chi connectivity index (χ0v) is 18.2. The fourth-order valence-electron chi connectivity index (χ4n) is 5.40. The Labute approximate surface area is 187 Å². The number of carbonyl (C=O) groups excluding carboxylic acids is 3. The van der Waals surface area contributed by atoms with E-state index in [0.717, 1.165) is 30.0 Å². The number of ether oxygens (including phenoxy) is 2. The van der Waals surface area contributed by atoms with Gasteiger partial charge in [0.1, 0.15) is 6.04 Å². The second kappa shape index (κ2) is 8.97. The third kappa shape index (κ3) is 4.26. The highest BCUT2D eigenvalue weighted by molar-refractivity contribution is 6.05. The summed E-state index contributed by atoms with van der Waals surface area (Å²) < 4.78 is 10.7. The lowest BCUT2D eigenvalue weighted by atomic mass is 9.83. The average Bonchev–Trinajstić information content (AvgIpc) is 3.37. The van der Waals surface area contributed by atoms with Crippen molar-refractivity contribution in [1.82, 2.24) is 20.4 Å². The van der Waals surface area contributed by atoms with Gasteiger partial charge < -0.3 is 25.0 Å². The maximum absolute atomic E-state index is 12.8. The van der Waals surface area contributed by atoms with Crippen LogP contribution >= 0.6 is 0 Å². The van der Waals surface area contributed by atoms with E-state index in [2.05, 4.69) is 15.5 Å². The Balaban J connectivity index is 1.13. The van der Waals surface area contributed by atoms with Crippen molar-refractivity contribution in [3.05, 3.63) is 23.8 Å². The molecule has 3 atom stereocenters. The molecule has 0 aromatic heterocycles. The second-order valence-electron chi connectivity index (χ2n) is 9.12. The fourth-order valence-corrected chi connectivity index (χ4v) is 5.40. The van der Waals surface area contributed by atoms with E-state index < -0.39 is 12.1 Å². The van der Waals surface area contributed by atoms with Gasteiger partial charge in [0.25, 0.3) is 5.91 Å². The number of carbonyl (C=O) groups is 3. The van der Waals surface area contributed by atoms with Crippen molar-refractivity contribution < 1.29 is 23.9 Å². The average molecular weight is 443 g/mol. The van der Waals surface area contributed by atoms with Crippen molar-refractivity contribution in [1.29, 1.82) is 0 Å². The number of imide groups is 1. The van der Waals surface area contributed by atoms with E-state index >= 15 is 0 Å². The van der Waals surface area contributed by atoms with Crippen LogP contribution in [0.5, 0.6) is 11.5 Å². The van der Waals surface area contributed by atoms with Crippen LogP contribution in [0.1, 0.15) is 44.1 Å². The van der Waals surface area contributed by atoms with Crippen LogP contribution in [0.4, 0.5) is 4.79 Å². The predicted octanol–water partition coefficient (Wildman–Crippen LogP) is 1.61. The van der Waals surface area contributed by atoms with Gasteiger partial charge >= 0.3 is 6.03 Å². The Hall–Kier alpha value is -2.81. The van der Waals surface area contributed by atoms with Crippen LogP contribution in [-0.2, 0) is 16.1 Å². The largest absolute Gasteiger partial charge is 0.454 e. The molecule has 3 unspecified atom stereocenters. The van der Waals surface area contributed by atoms with Gasteiger partial charge in [0, 0.05) is 12.6 Å². The molecular formula is C23H30N4O5. The highest BCUT2D eigenvalue weighted by Gasteiger charge is 2.39. The molecule has 1 aromatic carbocycles. The molecule has 3 fully saturated rings. The van der Waals surface area contributed by atoms with Gasteiger partial charge in [0.15, 0.2) is 11.5 Å². The second-order valence-corrected chi connectivity index (χ2v) is 9.12. The van der Waals surface area contributed by atoms with E-state index in [1.807, 2.05) is 0 Å². The molecule has 9 heteroatoms. The van der Waals surface area contributed by atoms with Crippen LogP contribution in [0.3, 0.4) is 0 Å². The molecule has 0 aliphatic carbocycles. The van der Waals surface area contributed by atoms with Gasteiger partial charge in [-0.2, -0.15) is 0 Å². The first kappa shape index (κ1) is 21.1. The molecule has 9 nitrogen and oxygen atoms in total. The number of nitrogens with zero attached hydrogens (tertiary/aromatic N) is 2. The van der Waals surface area contributed by atoms with Crippen molar-refractivity contribution in [2.45, 2.75) is 57.2 Å². The van der Waals surface area contributed by atoms with Crippen LogP contribution < -0.4 is 20.1 Å². The molecule has 2 N–H and O–H groups in total. The number of rotatable bonds is 6. The number of benzene rings is 1. The maximum Gasteiger partial charge on any atom is 0.325 e. The Morgan fingerprint density at radius 3 is 2.84 bits per heavy atom. The van der Waals surface area contributed by atoms with Crippen LogP contribution in [0.2, 0.25) is 0 Å². The maximum atomic E-state index is 12.8. The van der Waals surface area contributed by atoms with Crippen LogP contribution in [0.25, 0.3) is 0 Å². The molecule has 0 bridgehead atoms. The number of amides is 4. The number of urea groups is 1. The Bertz CT molecular complexity index is 904. The molecule has 0 radical (unpaired) electrons. The Morgan fingerprint density at radius 1 is 1.09 bits per heavy atom. The summed E-state index contributed by atoms with van der Waals surface area (Å²) in [6.45, 7) is 3.25. The first-order chi connectivity index (χ1) is 15.6. The Kier molecular flexibility index (Phi) is 5.91. The minimum Gasteiger partial charge on any atom is -0.454 e. The van der Waals surface area contributed by atoms with Gasteiger partial charge in [0.2, 0.25) is 12.7 Å². The Morgan fingerprint density at radius 2 is 1.94 bits per heavy atom. The standard InChI is InChI=1S/C23H30N4O5/c28-21(24-12-16-4-3-9-26-8-2-1-5-18(16)26)11-17-22(29)27(23(30)25-17)13-15-6-7-19-20(10-15)32-14-31-19/h6-7,10,16-18H,1-5,8-9,11-14H2,(H,24,28)(H,25,30). The summed E-state index contributed by atoms with van der Waals surface area (Å²) >= 11 is 0. The number of fused-ring (bicyclic) bond motifs is 2. The summed E-state index contributed by atoms with van der Waals surface area (Å²) in [6, 6.07) is 4.58. The first-order valence-electron chi connectivity index (χ1n) is 11.6. The van der Waals surface area contributed by atoms with E-state index in [0.29, 0.717) is 30.0 Å². The quantitative estimate of drug-likeness (QED) is 0.650. The molecule has 0 spiro atoms. The normalized spacial score (nSPS) is 27.2. The van der Waals surface area contributed by atoms with Crippen LogP contribution in [-0.4, -0.2) is 66.2 Å². The SMILES string of the molecule is O=C(CC1NC(=O)N(Cc2ccc3c(c2)OCO3)C1=O)NCC1CCCN2CCCCC12. The van der Waals surface area contributed by atoms with E-state index in [-0.39, 0.29) is 31.6 Å². The van der Waals surface area contributed by atoms with E-state index in [1.165, 1.54) is 25.7 Å². The van der Waals surface area contributed by atoms with Crippen LogP contribution in [0, 0.1) is 5.92 Å². The zero-order valence-electron chi connectivity index (χ0n) is 18.2. The summed E-state index contributed by atoms with van der Waals surface area (Å²) in [5.41, 5.74) is 0.761. The van der Waals surface area contributed by atoms with Gasteiger partial charge in [0.05, 0.1) is 13.0 Å². The molecule has 172 valence electrons. The smallest absolute Gasteiger partial charge is 0.325 e. The molecular weight excluding hydrogens is 412 g/mol. The topological polar surface area (TPSA) is 100 Å². The van der Waals surface area contributed by atoms with Crippen molar-refractivity contribution in [2.24, 2.45) is 5.92 Å². The molecule has 5 rings (SSSR count). The number of nitrogens with one attached hydrogen (secondary N) is 2. The van der Waals surface area contributed by atoms with Crippen molar-refractivity contribution >= 4 is 17.8 Å². The van der Waals surface area contributed by atoms with Gasteiger partial charge in [-0.05, 0) is 62.4 Å². The van der Waals surface area contributed by atoms with Gasteiger partial charge in [-0.15, -0.1) is 0 Å². The van der Waals surface area contributed by atoms with E-state index in [1.54, 1.807) is 18.2 Å². The summed E-state index contributed by atoms with van der Waals surface area (Å²) in [5.74, 6) is 1.14. The first-order valence-corrected chi connectivity index (χ1v) is 11.6. The molecule has 4 aliphatic heterocycles. The summed E-state index contributed by atoms with van der Waals surface area (Å²) in [5, 5.41) is 5.68. The van der Waals surface area contributed by atoms with E-state index in [9.17, 15) is 14.4 Å². The molecule has 1 aromatic rings. The molecule has 4 amide bonds. The highest BCUT2D eigenvalue weighted by atomic mass is 16.7. The third-order valence-electron chi connectivity index (χ3n) is 7.06. The third-order valence-corrected chi connectivity index (χ3v) is 7.06. The zero-order chi connectivity index (χ0) is 22.1. The lowest BCUT2D eigenvalue weighted by Gasteiger charge is -2.44. The molecule has 32 heavy (non-hydrogen) atoms. The van der Waals surface area contributed by atoms with Gasteiger partial charge in [-0.1, -0.05) is 12.5 Å². The van der Waals surface area contributed by atoms with E-state index in [4.69, 9.17) is 9.47 Å². The van der Waals surface area contributed by atoms with Crippen molar-refractivity contribution in [3.8, 4) is 11.5 Å². The minimum absolute atomic E-state index is 0.0384. The molecule has 4 aliphatic rings. The van der Waals surface area contributed by atoms with Crippen LogP contribution in [0.15, 0.2) is 18.2 Å². The molecule has 3 saturated heterocycles. The van der Waals surface area contributed by atoms with Crippen molar-refractivity contribution in [2.75, 3.05) is 26.4 Å². The molecule has 0 saturated carbocycles. The predicted molar refractivity (Wildman–Crippen MR) is 115 cm³/mol. The summed E-state index contributed by atoms with van der Waals surface area (Å²) in [4.78, 5) is 41.4. The highest BCUT2D eigenvalue weighted by Crippen LogP contribution is 2.33. The molecule has 4 heterocycles. The lowest BCUT2D eigenvalue weighted by molar-refractivity contribution is -0.131. The minimum atomic E-state index is -0.825. The summed E-state index contributed by atoms with van der Waals surface area (Å²) in [6.07, 6.45) is 5.98. The summed E-state index contributed by atoms with van der Waals surface area (Å²) in [7, 11) is 0. The van der Waals surface area contributed by atoms with Gasteiger partial charge in [-0.25, -0.2) is 4.79 Å². The van der Waals surface area contributed by atoms with Crippen molar-refractivity contribution in [3.63, 3.8) is 0 Å². The lowest BCUT2D eigenvalue weighted by Crippen LogP contribution is -2.51. The number of hydrogen-bond acceptors (Lipinski definition) is 6. The number of hydrogen-bond donors (Lipinski definition) is 2. The van der Waals surface area contributed by atoms with Gasteiger partial charge in [-0.3, -0.25) is 14.5 Å². The monoisotopic (exact) mass is 442 g/mol. The number of piperidine rings is 2.